The maximum Gasteiger partial charge on any atom is 0.315 e. The van der Waals surface area contributed by atoms with Crippen LogP contribution < -0.4 is 16.2 Å². The molecule has 0 aliphatic heterocycles. The highest BCUT2D eigenvalue weighted by Crippen LogP contribution is 2.18. The lowest BCUT2D eigenvalue weighted by Crippen LogP contribution is -2.36. The fourth-order valence-corrected chi connectivity index (χ4v) is 3.12. The second-order valence-corrected chi connectivity index (χ2v) is 6.32. The second kappa shape index (κ2) is 6.95. The van der Waals surface area contributed by atoms with Gasteiger partial charge in [0.25, 0.3) is 5.56 Å². The first kappa shape index (κ1) is 16.4. The Hall–Kier alpha value is -2.50. The third-order valence-corrected chi connectivity index (χ3v) is 4.59. The van der Waals surface area contributed by atoms with Gasteiger partial charge in [0, 0.05) is 29.9 Å². The van der Waals surface area contributed by atoms with Crippen LogP contribution >= 0.6 is 0 Å². The monoisotopic (exact) mass is 329 g/mol. The van der Waals surface area contributed by atoms with Gasteiger partial charge in [-0.1, -0.05) is 0 Å². The van der Waals surface area contributed by atoms with E-state index < -0.39 is 0 Å². The molecule has 0 bridgehead atoms. The average Bonchev–Trinajstić information content (AvgIpc) is 2.89. The van der Waals surface area contributed by atoms with Crippen molar-refractivity contribution < 1.29 is 9.21 Å². The van der Waals surface area contributed by atoms with Crippen molar-refractivity contribution in [1.29, 1.82) is 0 Å². The summed E-state index contributed by atoms with van der Waals surface area (Å²) in [4.78, 5) is 27.0. The van der Waals surface area contributed by atoms with Crippen molar-refractivity contribution in [3.63, 3.8) is 0 Å². The van der Waals surface area contributed by atoms with E-state index in [2.05, 4.69) is 15.6 Å². The number of furan rings is 1. The highest BCUT2D eigenvalue weighted by Gasteiger charge is 2.13. The van der Waals surface area contributed by atoms with E-state index in [0.717, 1.165) is 48.3 Å². The zero-order valence-electron chi connectivity index (χ0n) is 14.1. The molecule has 1 aliphatic carbocycles. The molecule has 24 heavy (non-hydrogen) atoms. The topological polar surface area (TPSA) is 87.1 Å². The number of hydrogen-bond donors (Lipinski definition) is 3. The van der Waals surface area contributed by atoms with E-state index in [1.54, 1.807) is 6.26 Å². The van der Waals surface area contributed by atoms with Gasteiger partial charge < -0.3 is 20.0 Å². The Kier molecular flexibility index (Phi) is 4.74. The number of aromatic amines is 1. The van der Waals surface area contributed by atoms with Crippen LogP contribution in [0, 0.1) is 13.8 Å². The Morgan fingerprint density at radius 1 is 1.21 bits per heavy atom. The third-order valence-electron chi connectivity index (χ3n) is 4.59. The van der Waals surface area contributed by atoms with Gasteiger partial charge in [0.05, 0.1) is 6.26 Å². The first-order valence-corrected chi connectivity index (χ1v) is 8.34. The molecule has 3 N–H and O–H groups in total. The molecule has 6 heteroatoms. The fourth-order valence-electron chi connectivity index (χ4n) is 3.12. The lowest BCUT2D eigenvalue weighted by molar-refractivity contribution is 0.240. The number of H-pyrrole nitrogens is 1. The number of rotatable bonds is 4. The number of pyridine rings is 1. The molecule has 0 atom stereocenters. The molecule has 1 aliphatic rings. The van der Waals surface area contributed by atoms with Crippen molar-refractivity contribution in [2.45, 2.75) is 52.6 Å². The maximum absolute atomic E-state index is 12.1. The Balaban J connectivity index is 1.57. The molecule has 6 nitrogen and oxygen atoms in total. The minimum Gasteiger partial charge on any atom is -0.469 e. The number of fused-ring (bicyclic) bond motifs is 1. The molecule has 2 amide bonds. The van der Waals surface area contributed by atoms with E-state index >= 15 is 0 Å². The zero-order chi connectivity index (χ0) is 17.1. The Morgan fingerprint density at radius 3 is 2.71 bits per heavy atom. The van der Waals surface area contributed by atoms with Gasteiger partial charge in [-0.15, -0.1) is 0 Å². The lowest BCUT2D eigenvalue weighted by Gasteiger charge is -2.16. The number of urea groups is 1. The number of aryl methyl sites for hydroxylation is 4. The highest BCUT2D eigenvalue weighted by atomic mass is 16.3. The SMILES string of the molecule is Cc1coc(C)c1CNC(=O)NCc1cc2c([nH]c1=O)CCCC2. The smallest absolute Gasteiger partial charge is 0.315 e. The third kappa shape index (κ3) is 3.53. The largest absolute Gasteiger partial charge is 0.469 e. The zero-order valence-corrected chi connectivity index (χ0v) is 14.1. The predicted molar refractivity (Wildman–Crippen MR) is 91.0 cm³/mol. The van der Waals surface area contributed by atoms with Crippen LogP contribution in [-0.2, 0) is 25.9 Å². The van der Waals surface area contributed by atoms with Gasteiger partial charge in [0.1, 0.15) is 5.76 Å². The predicted octanol–water partition coefficient (Wildman–Crippen LogP) is 2.46. The fraction of sp³-hybridized carbons (Fsp3) is 0.444. The van der Waals surface area contributed by atoms with Crippen LogP contribution in [0.1, 0.15) is 46.5 Å². The number of aromatic nitrogens is 1. The molecule has 0 saturated heterocycles. The average molecular weight is 329 g/mol. The summed E-state index contributed by atoms with van der Waals surface area (Å²) in [6.45, 7) is 4.44. The number of carbonyl (C=O) groups is 1. The van der Waals surface area contributed by atoms with Crippen molar-refractivity contribution >= 4 is 6.03 Å². The summed E-state index contributed by atoms with van der Waals surface area (Å²) >= 11 is 0. The molecule has 128 valence electrons. The van der Waals surface area contributed by atoms with E-state index in [0.29, 0.717) is 12.1 Å². The van der Waals surface area contributed by atoms with Gasteiger partial charge in [-0.05, 0) is 56.7 Å². The van der Waals surface area contributed by atoms with Crippen molar-refractivity contribution in [2.75, 3.05) is 0 Å². The molecule has 0 unspecified atom stereocenters. The summed E-state index contributed by atoms with van der Waals surface area (Å²) in [7, 11) is 0. The molecular weight excluding hydrogens is 306 g/mol. The minimum absolute atomic E-state index is 0.113. The summed E-state index contributed by atoms with van der Waals surface area (Å²) in [5.74, 6) is 0.805. The molecule has 0 fully saturated rings. The maximum atomic E-state index is 12.1. The molecule has 2 aromatic rings. The van der Waals surface area contributed by atoms with E-state index in [4.69, 9.17) is 4.42 Å². The van der Waals surface area contributed by atoms with Crippen LogP contribution in [0.5, 0.6) is 0 Å². The Morgan fingerprint density at radius 2 is 1.96 bits per heavy atom. The van der Waals surface area contributed by atoms with Crippen molar-refractivity contribution in [3.05, 3.63) is 56.4 Å². The van der Waals surface area contributed by atoms with E-state index in [-0.39, 0.29) is 18.1 Å². The number of amides is 2. The summed E-state index contributed by atoms with van der Waals surface area (Å²) in [5, 5.41) is 5.54. The van der Waals surface area contributed by atoms with Gasteiger partial charge in [0.15, 0.2) is 0 Å². The van der Waals surface area contributed by atoms with E-state index in [1.807, 2.05) is 19.9 Å². The quantitative estimate of drug-likeness (QED) is 0.805. The minimum atomic E-state index is -0.299. The second-order valence-electron chi connectivity index (χ2n) is 6.32. The summed E-state index contributed by atoms with van der Waals surface area (Å²) in [6, 6.07) is 1.63. The van der Waals surface area contributed by atoms with Gasteiger partial charge in [-0.3, -0.25) is 4.79 Å². The normalized spacial score (nSPS) is 13.4. The van der Waals surface area contributed by atoms with Crippen molar-refractivity contribution in [1.82, 2.24) is 15.6 Å². The van der Waals surface area contributed by atoms with Crippen molar-refractivity contribution in [3.8, 4) is 0 Å². The molecule has 0 saturated carbocycles. The molecule has 0 spiro atoms. The number of nitrogens with one attached hydrogen (secondary N) is 3. The van der Waals surface area contributed by atoms with Crippen molar-refractivity contribution in [2.24, 2.45) is 0 Å². The van der Waals surface area contributed by atoms with E-state index in [1.165, 1.54) is 5.56 Å². The van der Waals surface area contributed by atoms with Crippen LogP contribution in [0.15, 0.2) is 21.5 Å². The molecular formula is C18H23N3O3. The first-order chi connectivity index (χ1) is 11.5. The standard InChI is InChI=1S/C18H23N3O3/c1-11-10-24-12(2)15(11)9-20-18(23)19-8-14-7-13-5-3-4-6-16(13)21-17(14)22/h7,10H,3-6,8-9H2,1-2H3,(H,21,22)(H2,19,20,23). The number of hydrogen-bond acceptors (Lipinski definition) is 3. The Labute approximate surface area is 140 Å². The highest BCUT2D eigenvalue weighted by molar-refractivity contribution is 5.73. The molecule has 2 heterocycles. The van der Waals surface area contributed by atoms with Gasteiger partial charge >= 0.3 is 6.03 Å². The summed E-state index contributed by atoms with van der Waals surface area (Å²) in [5.41, 5.74) is 4.72. The van der Waals surface area contributed by atoms with Gasteiger partial charge in [0.2, 0.25) is 0 Å². The van der Waals surface area contributed by atoms with E-state index in [9.17, 15) is 9.59 Å². The number of carbonyl (C=O) groups excluding carboxylic acids is 1. The molecule has 3 rings (SSSR count). The molecule has 0 radical (unpaired) electrons. The van der Waals surface area contributed by atoms with Crippen LogP contribution in [0.3, 0.4) is 0 Å². The summed E-state index contributed by atoms with van der Waals surface area (Å²) in [6.07, 6.45) is 5.87. The van der Waals surface area contributed by atoms with Crippen LogP contribution in [0.25, 0.3) is 0 Å². The summed E-state index contributed by atoms with van der Waals surface area (Å²) < 4.78 is 5.31. The Bertz CT molecular complexity index is 785. The van der Waals surface area contributed by atoms with Gasteiger partial charge in [-0.2, -0.15) is 0 Å². The molecule has 2 aromatic heterocycles. The van der Waals surface area contributed by atoms with Gasteiger partial charge in [-0.25, -0.2) is 4.79 Å². The van der Waals surface area contributed by atoms with Crippen LogP contribution in [0.2, 0.25) is 0 Å². The first-order valence-electron chi connectivity index (χ1n) is 8.34. The lowest BCUT2D eigenvalue weighted by atomic mass is 9.95. The van der Waals surface area contributed by atoms with Crippen LogP contribution in [-0.4, -0.2) is 11.0 Å². The van der Waals surface area contributed by atoms with Crippen LogP contribution in [0.4, 0.5) is 4.79 Å². The molecule has 0 aromatic carbocycles.